The van der Waals surface area contributed by atoms with Crippen LogP contribution in [0.1, 0.15) is 5.56 Å². The van der Waals surface area contributed by atoms with Crippen molar-refractivity contribution >= 4 is 28.2 Å². The van der Waals surface area contributed by atoms with Crippen molar-refractivity contribution < 1.29 is 14.4 Å². The van der Waals surface area contributed by atoms with Crippen LogP contribution in [0.2, 0.25) is 0 Å². The summed E-state index contributed by atoms with van der Waals surface area (Å²) in [5.41, 5.74) is 0.588. The van der Waals surface area contributed by atoms with E-state index in [1.807, 2.05) is 0 Å². The van der Waals surface area contributed by atoms with Crippen molar-refractivity contribution in [1.29, 1.82) is 0 Å². The molecule has 0 heterocycles. The van der Waals surface area contributed by atoms with Gasteiger partial charge >= 0.3 is 6.09 Å². The van der Waals surface area contributed by atoms with Gasteiger partial charge < -0.3 is 14.9 Å². The SMILES string of the molecule is C#CCON=Cc1cc(Br)ccc1OC(=O)NC. The Morgan fingerprint density at radius 3 is 3.11 bits per heavy atom. The molecule has 0 radical (unpaired) electrons. The summed E-state index contributed by atoms with van der Waals surface area (Å²) < 4.78 is 5.87. The highest BCUT2D eigenvalue weighted by molar-refractivity contribution is 9.10. The molecule has 0 aromatic heterocycles. The zero-order valence-electron chi connectivity index (χ0n) is 9.64. The summed E-state index contributed by atoms with van der Waals surface area (Å²) >= 11 is 3.31. The number of carbonyl (C=O) groups is 1. The van der Waals surface area contributed by atoms with E-state index in [4.69, 9.17) is 16.0 Å². The van der Waals surface area contributed by atoms with Gasteiger partial charge in [0, 0.05) is 17.1 Å². The molecule has 0 unspecified atom stereocenters. The number of benzene rings is 1. The van der Waals surface area contributed by atoms with E-state index >= 15 is 0 Å². The fraction of sp³-hybridized carbons (Fsp3) is 0.167. The summed E-state index contributed by atoms with van der Waals surface area (Å²) in [6.45, 7) is 0.0795. The van der Waals surface area contributed by atoms with Crippen LogP contribution in [-0.2, 0) is 4.84 Å². The summed E-state index contributed by atoms with van der Waals surface area (Å²) in [5.74, 6) is 2.65. The van der Waals surface area contributed by atoms with Gasteiger partial charge in [-0.2, -0.15) is 0 Å². The van der Waals surface area contributed by atoms with Crippen LogP contribution in [0.4, 0.5) is 4.79 Å². The van der Waals surface area contributed by atoms with Crippen molar-refractivity contribution in [2.45, 2.75) is 0 Å². The second-order valence-electron chi connectivity index (χ2n) is 3.03. The van der Waals surface area contributed by atoms with Crippen LogP contribution >= 0.6 is 15.9 Å². The van der Waals surface area contributed by atoms with Crippen LogP contribution in [0.3, 0.4) is 0 Å². The van der Waals surface area contributed by atoms with E-state index < -0.39 is 6.09 Å². The number of rotatable bonds is 4. The fourth-order valence-electron chi connectivity index (χ4n) is 1.03. The molecule has 0 saturated heterocycles. The third kappa shape index (κ3) is 4.47. The molecule has 6 heteroatoms. The molecule has 0 bridgehead atoms. The molecule has 1 aromatic rings. The minimum atomic E-state index is -0.559. The van der Waals surface area contributed by atoms with E-state index in [-0.39, 0.29) is 6.61 Å². The minimum Gasteiger partial charge on any atom is -0.410 e. The third-order valence-electron chi connectivity index (χ3n) is 1.79. The van der Waals surface area contributed by atoms with Crippen molar-refractivity contribution in [2.24, 2.45) is 5.16 Å². The number of ether oxygens (including phenoxy) is 1. The first-order chi connectivity index (χ1) is 8.67. The summed E-state index contributed by atoms with van der Waals surface area (Å²) in [6.07, 6.45) is 5.87. The van der Waals surface area contributed by atoms with Crippen LogP contribution in [0.15, 0.2) is 27.8 Å². The molecule has 94 valence electrons. The molecule has 18 heavy (non-hydrogen) atoms. The average Bonchev–Trinajstić information content (AvgIpc) is 2.37. The first-order valence-electron chi connectivity index (χ1n) is 4.95. The van der Waals surface area contributed by atoms with Crippen LogP contribution in [0, 0.1) is 12.3 Å². The monoisotopic (exact) mass is 310 g/mol. The van der Waals surface area contributed by atoms with Gasteiger partial charge in [-0.1, -0.05) is 27.0 Å². The number of nitrogens with zero attached hydrogens (tertiary/aromatic N) is 1. The third-order valence-corrected chi connectivity index (χ3v) is 2.29. The molecule has 1 rings (SSSR count). The van der Waals surface area contributed by atoms with Gasteiger partial charge in [0.15, 0.2) is 6.61 Å². The summed E-state index contributed by atoms with van der Waals surface area (Å²) in [4.78, 5) is 15.9. The first-order valence-corrected chi connectivity index (χ1v) is 5.74. The Balaban J connectivity index is 2.86. The van der Waals surface area contributed by atoms with E-state index in [1.165, 1.54) is 13.3 Å². The normalized spacial score (nSPS) is 9.83. The molecule has 0 aliphatic rings. The highest BCUT2D eigenvalue weighted by Gasteiger charge is 2.07. The largest absolute Gasteiger partial charge is 0.412 e. The number of oxime groups is 1. The van der Waals surface area contributed by atoms with E-state index in [9.17, 15) is 4.79 Å². The average molecular weight is 311 g/mol. The number of amides is 1. The standard InChI is InChI=1S/C12H11BrN2O3/c1-3-6-17-15-8-9-7-10(13)4-5-11(9)18-12(16)14-2/h1,4-5,7-8H,6H2,2H3,(H,14,16). The molecule has 0 fully saturated rings. The molecule has 0 spiro atoms. The summed E-state index contributed by atoms with van der Waals surface area (Å²) in [5, 5.41) is 6.02. The van der Waals surface area contributed by atoms with E-state index in [1.54, 1.807) is 18.2 Å². The second-order valence-corrected chi connectivity index (χ2v) is 3.95. The maximum Gasteiger partial charge on any atom is 0.412 e. The van der Waals surface area contributed by atoms with Crippen molar-refractivity contribution in [3.63, 3.8) is 0 Å². The molecule has 1 N–H and O–H groups in total. The Hall–Kier alpha value is -2.00. The Morgan fingerprint density at radius 1 is 1.67 bits per heavy atom. The minimum absolute atomic E-state index is 0.0795. The predicted molar refractivity (Wildman–Crippen MR) is 71.6 cm³/mol. The molecule has 0 atom stereocenters. The number of hydrogen-bond donors (Lipinski definition) is 1. The van der Waals surface area contributed by atoms with Crippen LogP contribution in [0.5, 0.6) is 5.75 Å². The van der Waals surface area contributed by atoms with Gasteiger partial charge in [-0.05, 0) is 18.2 Å². The lowest BCUT2D eigenvalue weighted by Crippen LogP contribution is -2.22. The highest BCUT2D eigenvalue weighted by atomic mass is 79.9. The second kappa shape index (κ2) is 7.35. The van der Waals surface area contributed by atoms with Gasteiger partial charge in [0.25, 0.3) is 0 Å². The number of hydrogen-bond acceptors (Lipinski definition) is 4. The Labute approximate surface area is 113 Å². The zero-order valence-corrected chi connectivity index (χ0v) is 11.2. The molecular weight excluding hydrogens is 300 g/mol. The van der Waals surface area contributed by atoms with Gasteiger partial charge in [0.05, 0.1) is 6.21 Å². The zero-order chi connectivity index (χ0) is 13.4. The van der Waals surface area contributed by atoms with Crippen LogP contribution in [0.25, 0.3) is 0 Å². The smallest absolute Gasteiger partial charge is 0.410 e. The lowest BCUT2D eigenvalue weighted by atomic mass is 10.2. The van der Waals surface area contributed by atoms with E-state index in [0.29, 0.717) is 11.3 Å². The number of terminal acetylenes is 1. The Morgan fingerprint density at radius 2 is 2.44 bits per heavy atom. The quantitative estimate of drug-likeness (QED) is 0.401. The molecule has 5 nitrogen and oxygen atoms in total. The van der Waals surface area contributed by atoms with Crippen molar-refractivity contribution in [3.8, 4) is 18.1 Å². The maximum atomic E-state index is 11.1. The molecule has 0 aliphatic heterocycles. The molecule has 0 aliphatic carbocycles. The lowest BCUT2D eigenvalue weighted by molar-refractivity contribution is 0.181. The van der Waals surface area contributed by atoms with Crippen molar-refractivity contribution in [1.82, 2.24) is 5.32 Å². The van der Waals surface area contributed by atoms with Crippen LogP contribution < -0.4 is 10.1 Å². The lowest BCUT2D eigenvalue weighted by Gasteiger charge is -2.06. The molecular formula is C12H11BrN2O3. The molecule has 1 amide bonds. The summed E-state index contributed by atoms with van der Waals surface area (Å²) in [6, 6.07) is 5.13. The number of nitrogens with one attached hydrogen (secondary N) is 1. The van der Waals surface area contributed by atoms with Crippen molar-refractivity contribution in [3.05, 3.63) is 28.2 Å². The summed E-state index contributed by atoms with van der Waals surface area (Å²) in [7, 11) is 1.48. The molecule has 0 saturated carbocycles. The van der Waals surface area contributed by atoms with Gasteiger partial charge in [-0.3, -0.25) is 0 Å². The Kier molecular flexibility index (Phi) is 5.74. The highest BCUT2D eigenvalue weighted by Crippen LogP contribution is 2.21. The first kappa shape index (κ1) is 14.1. The fourth-order valence-corrected chi connectivity index (χ4v) is 1.41. The van der Waals surface area contributed by atoms with Gasteiger partial charge in [-0.15, -0.1) is 6.42 Å². The van der Waals surface area contributed by atoms with Gasteiger partial charge in [-0.25, -0.2) is 4.79 Å². The number of halogens is 1. The Bertz CT molecular complexity index is 495. The topological polar surface area (TPSA) is 59.9 Å². The van der Waals surface area contributed by atoms with Gasteiger partial charge in [0.1, 0.15) is 5.75 Å². The maximum absolute atomic E-state index is 11.1. The van der Waals surface area contributed by atoms with Gasteiger partial charge in [0.2, 0.25) is 0 Å². The number of carbonyl (C=O) groups excluding carboxylic acids is 1. The molecule has 1 aromatic carbocycles. The predicted octanol–water partition coefficient (Wildman–Crippen LogP) is 2.15. The van der Waals surface area contributed by atoms with Crippen molar-refractivity contribution in [2.75, 3.05) is 13.7 Å². The van der Waals surface area contributed by atoms with E-state index in [2.05, 4.69) is 32.3 Å². The van der Waals surface area contributed by atoms with Crippen LogP contribution in [-0.4, -0.2) is 26.0 Å². The van der Waals surface area contributed by atoms with E-state index in [0.717, 1.165) is 4.47 Å².